The molecule has 4 rings (SSSR count). The zero-order chi connectivity index (χ0) is 19.7. The molecule has 5 nitrogen and oxygen atoms in total. The van der Waals surface area contributed by atoms with Gasteiger partial charge in [-0.25, -0.2) is 0 Å². The predicted octanol–water partition coefficient (Wildman–Crippen LogP) is 4.88. The molecule has 0 saturated heterocycles. The second-order valence-electron chi connectivity index (χ2n) is 7.06. The van der Waals surface area contributed by atoms with Crippen molar-refractivity contribution in [2.45, 2.75) is 50.1 Å². The molecule has 3 aromatic rings. The Kier molecular flexibility index (Phi) is 5.22. The maximum Gasteiger partial charge on any atom is 0.192 e. The molecule has 0 aliphatic heterocycles. The van der Waals surface area contributed by atoms with Crippen LogP contribution in [0.5, 0.6) is 0 Å². The highest BCUT2D eigenvalue weighted by atomic mass is 32.2. The molecule has 0 N–H and O–H groups in total. The van der Waals surface area contributed by atoms with E-state index >= 15 is 0 Å². The van der Waals surface area contributed by atoms with Gasteiger partial charge in [0.1, 0.15) is 5.76 Å². The first kappa shape index (κ1) is 18.7. The summed E-state index contributed by atoms with van der Waals surface area (Å²) in [5.41, 5.74) is 4.37. The lowest BCUT2D eigenvalue weighted by Crippen LogP contribution is -2.15. The summed E-state index contributed by atoms with van der Waals surface area (Å²) in [4.78, 5) is 13.0. The van der Waals surface area contributed by atoms with Gasteiger partial charge in [0.15, 0.2) is 16.8 Å². The highest BCUT2D eigenvalue weighted by Gasteiger charge is 2.23. The molecule has 1 atom stereocenters. The normalized spacial score (nSPS) is 14.1. The summed E-state index contributed by atoms with van der Waals surface area (Å²) < 4.78 is 7.38. The molecule has 144 valence electrons. The highest BCUT2D eigenvalue weighted by molar-refractivity contribution is 8.00. The van der Waals surface area contributed by atoms with Crippen LogP contribution in [0.1, 0.15) is 40.6 Å². The first-order valence-corrected chi connectivity index (χ1v) is 10.4. The van der Waals surface area contributed by atoms with E-state index in [4.69, 9.17) is 4.42 Å². The van der Waals surface area contributed by atoms with Crippen LogP contribution in [0.25, 0.3) is 11.4 Å². The Morgan fingerprint density at radius 1 is 1.32 bits per heavy atom. The van der Waals surface area contributed by atoms with Crippen molar-refractivity contribution in [3.63, 3.8) is 0 Å². The van der Waals surface area contributed by atoms with Gasteiger partial charge in [0.05, 0.1) is 17.1 Å². The summed E-state index contributed by atoms with van der Waals surface area (Å²) in [6.07, 6.45) is 6.82. The minimum atomic E-state index is -0.259. The standard InChI is InChI=1S/C22H23N3O2S/c1-4-11-25-21(19-10-12-27-14(19)2)23-24-22(25)28-15(3)20(26)18-9-8-16-6-5-7-17(16)13-18/h4,8-10,12-13,15H,1,5-7,11H2,2-3H3. The molecular formula is C22H23N3O2S. The number of allylic oxidation sites excluding steroid dienone is 1. The van der Waals surface area contributed by atoms with Crippen LogP contribution in [0.2, 0.25) is 0 Å². The zero-order valence-electron chi connectivity index (χ0n) is 16.1. The van der Waals surface area contributed by atoms with Crippen LogP contribution >= 0.6 is 11.8 Å². The Hall–Kier alpha value is -2.60. The summed E-state index contributed by atoms with van der Waals surface area (Å²) in [7, 11) is 0. The van der Waals surface area contributed by atoms with Crippen LogP contribution in [0, 0.1) is 6.92 Å². The van der Waals surface area contributed by atoms with E-state index in [2.05, 4.69) is 28.9 Å². The van der Waals surface area contributed by atoms with E-state index in [1.165, 1.54) is 29.3 Å². The third kappa shape index (κ3) is 3.44. The summed E-state index contributed by atoms with van der Waals surface area (Å²) in [5, 5.41) is 9.13. The minimum absolute atomic E-state index is 0.119. The Bertz CT molecular complexity index is 1030. The SMILES string of the molecule is C=CCn1c(SC(C)C(=O)c2ccc3c(c2)CCC3)nnc1-c1ccoc1C. The van der Waals surface area contributed by atoms with Crippen LogP contribution in [0.4, 0.5) is 0 Å². The van der Waals surface area contributed by atoms with E-state index in [0.29, 0.717) is 11.7 Å². The van der Waals surface area contributed by atoms with Crippen molar-refractivity contribution in [1.82, 2.24) is 14.8 Å². The Morgan fingerprint density at radius 2 is 2.14 bits per heavy atom. The summed E-state index contributed by atoms with van der Waals surface area (Å²) >= 11 is 1.43. The maximum atomic E-state index is 13.0. The average Bonchev–Trinajstić information content (AvgIpc) is 3.41. The molecule has 1 aliphatic rings. The molecule has 0 bridgehead atoms. The van der Waals surface area contributed by atoms with E-state index in [0.717, 1.165) is 35.6 Å². The molecule has 1 aromatic carbocycles. The van der Waals surface area contributed by atoms with Gasteiger partial charge in [-0.1, -0.05) is 30.0 Å². The van der Waals surface area contributed by atoms with Gasteiger partial charge in [0, 0.05) is 12.1 Å². The van der Waals surface area contributed by atoms with Crippen molar-refractivity contribution >= 4 is 17.5 Å². The lowest BCUT2D eigenvalue weighted by atomic mass is 10.0. The van der Waals surface area contributed by atoms with Crippen molar-refractivity contribution in [1.29, 1.82) is 0 Å². The van der Waals surface area contributed by atoms with E-state index in [-0.39, 0.29) is 11.0 Å². The van der Waals surface area contributed by atoms with Gasteiger partial charge in [-0.3, -0.25) is 9.36 Å². The highest BCUT2D eigenvalue weighted by Crippen LogP contribution is 2.31. The zero-order valence-corrected chi connectivity index (χ0v) is 17.0. The number of aryl methyl sites for hydroxylation is 3. The van der Waals surface area contributed by atoms with Crippen LogP contribution in [-0.2, 0) is 19.4 Å². The summed E-state index contributed by atoms with van der Waals surface area (Å²) in [5.74, 6) is 1.64. The van der Waals surface area contributed by atoms with Gasteiger partial charge in [-0.05, 0) is 56.4 Å². The Labute approximate surface area is 168 Å². The van der Waals surface area contributed by atoms with E-state index < -0.39 is 0 Å². The molecular weight excluding hydrogens is 370 g/mol. The number of benzene rings is 1. The molecule has 0 amide bonds. The number of hydrogen-bond donors (Lipinski definition) is 0. The lowest BCUT2D eigenvalue weighted by Gasteiger charge is -2.12. The van der Waals surface area contributed by atoms with Gasteiger partial charge in [0.25, 0.3) is 0 Å². The largest absolute Gasteiger partial charge is 0.469 e. The first-order valence-electron chi connectivity index (χ1n) is 9.49. The number of rotatable bonds is 7. The average molecular weight is 394 g/mol. The van der Waals surface area contributed by atoms with Crippen molar-refractivity contribution in [3.05, 3.63) is 65.6 Å². The molecule has 1 unspecified atom stereocenters. The van der Waals surface area contributed by atoms with Crippen LogP contribution in [0.15, 0.2) is 52.8 Å². The second kappa shape index (κ2) is 7.80. The second-order valence-corrected chi connectivity index (χ2v) is 8.37. The molecule has 2 heterocycles. The number of Topliss-reactive ketones (excluding diaryl/α,β-unsaturated/α-hetero) is 1. The number of thioether (sulfide) groups is 1. The monoisotopic (exact) mass is 393 g/mol. The Balaban J connectivity index is 1.58. The maximum absolute atomic E-state index is 13.0. The smallest absolute Gasteiger partial charge is 0.192 e. The fourth-order valence-corrected chi connectivity index (χ4v) is 4.59. The van der Waals surface area contributed by atoms with Gasteiger partial charge >= 0.3 is 0 Å². The first-order chi connectivity index (χ1) is 13.6. The predicted molar refractivity (Wildman–Crippen MR) is 111 cm³/mol. The fourth-order valence-electron chi connectivity index (χ4n) is 3.66. The van der Waals surface area contributed by atoms with E-state index in [9.17, 15) is 4.79 Å². The molecule has 2 aromatic heterocycles. The molecule has 28 heavy (non-hydrogen) atoms. The Morgan fingerprint density at radius 3 is 2.89 bits per heavy atom. The van der Waals surface area contributed by atoms with E-state index in [1.807, 2.05) is 30.5 Å². The van der Waals surface area contributed by atoms with Crippen LogP contribution in [0.3, 0.4) is 0 Å². The van der Waals surface area contributed by atoms with Crippen molar-refractivity contribution in [3.8, 4) is 11.4 Å². The molecule has 0 radical (unpaired) electrons. The van der Waals surface area contributed by atoms with Gasteiger partial charge < -0.3 is 4.42 Å². The molecule has 6 heteroatoms. The third-order valence-electron chi connectivity index (χ3n) is 5.16. The summed E-state index contributed by atoms with van der Waals surface area (Å²) in [6.45, 7) is 8.23. The number of ketones is 1. The van der Waals surface area contributed by atoms with E-state index in [1.54, 1.807) is 12.3 Å². The molecule has 0 saturated carbocycles. The number of carbonyl (C=O) groups is 1. The number of carbonyl (C=O) groups excluding carboxylic acids is 1. The number of aromatic nitrogens is 3. The van der Waals surface area contributed by atoms with Gasteiger partial charge in [0.2, 0.25) is 0 Å². The van der Waals surface area contributed by atoms with Crippen molar-refractivity contribution < 1.29 is 9.21 Å². The van der Waals surface area contributed by atoms with Gasteiger partial charge in [-0.15, -0.1) is 16.8 Å². The lowest BCUT2D eigenvalue weighted by molar-refractivity contribution is 0.0993. The number of hydrogen-bond acceptors (Lipinski definition) is 5. The van der Waals surface area contributed by atoms with Crippen LogP contribution < -0.4 is 0 Å². The fraction of sp³-hybridized carbons (Fsp3) is 0.318. The topological polar surface area (TPSA) is 60.9 Å². The molecule has 0 fully saturated rings. The third-order valence-corrected chi connectivity index (χ3v) is 6.24. The van der Waals surface area contributed by atoms with Gasteiger partial charge in [-0.2, -0.15) is 0 Å². The molecule has 0 spiro atoms. The number of furan rings is 1. The van der Waals surface area contributed by atoms with Crippen LogP contribution in [-0.4, -0.2) is 25.8 Å². The summed E-state index contributed by atoms with van der Waals surface area (Å²) in [6, 6.07) is 8.01. The minimum Gasteiger partial charge on any atom is -0.469 e. The number of fused-ring (bicyclic) bond motifs is 1. The van der Waals surface area contributed by atoms with Crippen molar-refractivity contribution in [2.75, 3.05) is 0 Å². The number of nitrogens with zero attached hydrogens (tertiary/aromatic N) is 3. The van der Waals surface area contributed by atoms with Crippen molar-refractivity contribution in [2.24, 2.45) is 0 Å². The molecule has 1 aliphatic carbocycles. The quantitative estimate of drug-likeness (QED) is 0.325.